The first-order valence-corrected chi connectivity index (χ1v) is 8.95. The van der Waals surface area contributed by atoms with Crippen LogP contribution in [0.2, 0.25) is 0 Å². The van der Waals surface area contributed by atoms with Gasteiger partial charge in [0.25, 0.3) is 0 Å². The third-order valence-corrected chi connectivity index (χ3v) is 6.79. The summed E-state index contributed by atoms with van der Waals surface area (Å²) in [5.74, 6) is 0.246. The van der Waals surface area contributed by atoms with Crippen molar-refractivity contribution in [1.82, 2.24) is 4.90 Å². The fourth-order valence-corrected chi connectivity index (χ4v) is 5.79. The standard InChI is InChI=1S/C15H20NO5P/c1-4-20-22(18)13-9-11(15(17)19-3)16(2)14(13)10-7-5-6-8-12(10)21-22/h5-8,11,13-14H,4,9H2,1-3H3/t11-,13+,14+,22-/m1/s1. The summed E-state index contributed by atoms with van der Waals surface area (Å²) >= 11 is 0. The summed E-state index contributed by atoms with van der Waals surface area (Å²) < 4.78 is 29.3. The van der Waals surface area contributed by atoms with Gasteiger partial charge in [-0.2, -0.15) is 0 Å². The SMILES string of the molecule is CCO[P@@]1(=O)Oc2ccccc2[C@H]2[C@@H]1C[C@H](C(=O)OC)N2C. The highest BCUT2D eigenvalue weighted by atomic mass is 31.2. The van der Waals surface area contributed by atoms with Gasteiger partial charge in [0.15, 0.2) is 0 Å². The van der Waals surface area contributed by atoms with Crippen LogP contribution >= 0.6 is 7.60 Å². The summed E-state index contributed by atoms with van der Waals surface area (Å²) in [4.78, 5) is 13.9. The third kappa shape index (κ3) is 2.26. The second-order valence-electron chi connectivity index (χ2n) is 5.54. The number of fused-ring (bicyclic) bond motifs is 3. The lowest BCUT2D eigenvalue weighted by Crippen LogP contribution is -2.36. The number of ether oxygens (including phenoxy) is 1. The lowest BCUT2D eigenvalue weighted by molar-refractivity contribution is -0.145. The Bertz CT molecular complexity index is 634. The summed E-state index contributed by atoms with van der Waals surface area (Å²) in [7, 11) is -0.106. The Morgan fingerprint density at radius 1 is 1.45 bits per heavy atom. The van der Waals surface area contributed by atoms with E-state index in [1.54, 1.807) is 13.0 Å². The Kier molecular flexibility index (Phi) is 4.02. The number of rotatable bonds is 3. The molecule has 0 bridgehead atoms. The van der Waals surface area contributed by atoms with E-state index in [0.29, 0.717) is 18.8 Å². The average molecular weight is 325 g/mol. The van der Waals surface area contributed by atoms with E-state index < -0.39 is 13.6 Å². The Balaban J connectivity index is 2.07. The van der Waals surface area contributed by atoms with E-state index >= 15 is 0 Å². The van der Waals surface area contributed by atoms with Gasteiger partial charge in [-0.3, -0.25) is 14.2 Å². The van der Waals surface area contributed by atoms with Crippen LogP contribution in [0.15, 0.2) is 24.3 Å². The van der Waals surface area contributed by atoms with Gasteiger partial charge in [-0.05, 0) is 26.5 Å². The monoisotopic (exact) mass is 325 g/mol. The molecule has 0 spiro atoms. The van der Waals surface area contributed by atoms with Crippen molar-refractivity contribution in [2.45, 2.75) is 31.1 Å². The minimum absolute atomic E-state index is 0.175. The Morgan fingerprint density at radius 2 is 2.18 bits per heavy atom. The molecule has 2 aliphatic heterocycles. The van der Waals surface area contributed by atoms with Crippen LogP contribution in [0.3, 0.4) is 0 Å². The normalized spacial score (nSPS) is 33.7. The fraction of sp³-hybridized carbons (Fsp3) is 0.533. The molecule has 0 N–H and O–H groups in total. The number of benzene rings is 1. The number of carbonyl (C=O) groups excluding carboxylic acids is 1. The van der Waals surface area contributed by atoms with Crippen molar-refractivity contribution in [1.29, 1.82) is 0 Å². The second kappa shape index (κ2) is 5.69. The maximum atomic E-state index is 13.2. The van der Waals surface area contributed by atoms with Gasteiger partial charge in [-0.15, -0.1) is 0 Å². The van der Waals surface area contributed by atoms with E-state index in [1.807, 2.05) is 30.1 Å². The van der Waals surface area contributed by atoms with Crippen LogP contribution in [0.5, 0.6) is 5.75 Å². The van der Waals surface area contributed by atoms with E-state index in [0.717, 1.165) is 5.56 Å². The number of esters is 1. The molecule has 1 aromatic rings. The summed E-state index contributed by atoms with van der Waals surface area (Å²) in [5.41, 5.74) is 0.573. The zero-order valence-electron chi connectivity index (χ0n) is 12.9. The number of likely N-dealkylation sites (tertiary alicyclic amines) is 1. The third-order valence-electron chi connectivity index (χ3n) is 4.41. The van der Waals surface area contributed by atoms with E-state index in [2.05, 4.69) is 0 Å². The average Bonchev–Trinajstić information content (AvgIpc) is 2.86. The van der Waals surface area contributed by atoms with Crippen molar-refractivity contribution in [2.24, 2.45) is 0 Å². The predicted octanol–water partition coefficient (Wildman–Crippen LogP) is 2.60. The van der Waals surface area contributed by atoms with Gasteiger partial charge in [0, 0.05) is 5.56 Å². The van der Waals surface area contributed by atoms with E-state index in [9.17, 15) is 9.36 Å². The second-order valence-corrected chi connectivity index (χ2v) is 7.72. The van der Waals surface area contributed by atoms with Crippen molar-refractivity contribution in [3.05, 3.63) is 29.8 Å². The van der Waals surface area contributed by atoms with Crippen LogP contribution in [0.25, 0.3) is 0 Å². The number of nitrogens with zero attached hydrogens (tertiary/aromatic N) is 1. The van der Waals surface area contributed by atoms with Crippen molar-refractivity contribution in [3.8, 4) is 5.75 Å². The van der Waals surface area contributed by atoms with Crippen LogP contribution in [0.4, 0.5) is 0 Å². The van der Waals surface area contributed by atoms with Crippen LogP contribution in [-0.2, 0) is 18.6 Å². The molecule has 120 valence electrons. The quantitative estimate of drug-likeness (QED) is 0.629. The molecule has 0 unspecified atom stereocenters. The molecule has 2 aliphatic rings. The minimum atomic E-state index is -3.32. The summed E-state index contributed by atoms with van der Waals surface area (Å²) in [6.45, 7) is 2.09. The van der Waals surface area contributed by atoms with Gasteiger partial charge in [0.2, 0.25) is 0 Å². The molecule has 0 amide bonds. The highest BCUT2D eigenvalue weighted by Gasteiger charge is 2.57. The first-order valence-electron chi connectivity index (χ1n) is 7.34. The van der Waals surface area contributed by atoms with E-state index in [1.165, 1.54) is 7.11 Å². The molecule has 3 rings (SSSR count). The molecule has 1 saturated heterocycles. The number of likely N-dealkylation sites (N-methyl/N-ethyl adjacent to an activating group) is 1. The molecule has 0 saturated carbocycles. The molecule has 6 nitrogen and oxygen atoms in total. The molecule has 2 heterocycles. The summed E-state index contributed by atoms with van der Waals surface area (Å²) in [6.07, 6.45) is 0.402. The van der Waals surface area contributed by atoms with Crippen LogP contribution in [0.1, 0.15) is 24.9 Å². The van der Waals surface area contributed by atoms with Crippen molar-refractivity contribution >= 4 is 13.6 Å². The van der Waals surface area contributed by atoms with Gasteiger partial charge in [-0.1, -0.05) is 18.2 Å². The number of hydrogen-bond acceptors (Lipinski definition) is 6. The summed E-state index contributed by atoms with van der Waals surface area (Å²) in [5, 5.41) is 0. The smallest absolute Gasteiger partial charge is 0.384 e. The van der Waals surface area contributed by atoms with Gasteiger partial charge in [0.1, 0.15) is 11.8 Å². The first kappa shape index (κ1) is 15.5. The predicted molar refractivity (Wildman–Crippen MR) is 81.0 cm³/mol. The van der Waals surface area contributed by atoms with Crippen molar-refractivity contribution in [2.75, 3.05) is 20.8 Å². The van der Waals surface area contributed by atoms with Gasteiger partial charge in [-0.25, -0.2) is 4.57 Å². The Morgan fingerprint density at radius 3 is 2.86 bits per heavy atom. The van der Waals surface area contributed by atoms with Crippen LogP contribution in [0, 0.1) is 0 Å². The zero-order chi connectivity index (χ0) is 15.9. The van der Waals surface area contributed by atoms with Crippen molar-refractivity contribution < 1.29 is 23.1 Å². The van der Waals surface area contributed by atoms with Gasteiger partial charge >= 0.3 is 13.6 Å². The molecule has 1 aromatic carbocycles. The fourth-order valence-electron chi connectivity index (χ4n) is 3.43. The van der Waals surface area contributed by atoms with Crippen LogP contribution in [-0.4, -0.2) is 43.3 Å². The maximum absolute atomic E-state index is 13.2. The topological polar surface area (TPSA) is 65.1 Å². The first-order chi connectivity index (χ1) is 10.5. The van der Waals surface area contributed by atoms with Crippen molar-refractivity contribution in [3.63, 3.8) is 0 Å². The minimum Gasteiger partial charge on any atom is -0.468 e. The lowest BCUT2D eigenvalue weighted by atomic mass is 10.0. The Labute approximate surface area is 129 Å². The molecule has 7 heteroatoms. The number of methoxy groups -OCH3 is 1. The van der Waals surface area contributed by atoms with Crippen LogP contribution < -0.4 is 4.52 Å². The molecule has 1 fully saturated rings. The summed E-state index contributed by atoms with van der Waals surface area (Å²) in [6, 6.07) is 6.86. The molecule has 0 aromatic heterocycles. The van der Waals surface area contributed by atoms with Gasteiger partial charge in [0.05, 0.1) is 25.4 Å². The molecule has 0 aliphatic carbocycles. The molecular weight excluding hydrogens is 305 g/mol. The number of hydrogen-bond donors (Lipinski definition) is 0. The molecule has 4 atom stereocenters. The number of para-hydroxylation sites is 1. The highest BCUT2D eigenvalue weighted by Crippen LogP contribution is 2.66. The molecule has 0 radical (unpaired) electrons. The molecular formula is C15H20NO5P. The zero-order valence-corrected chi connectivity index (χ0v) is 13.8. The Hall–Kier alpha value is -1.36. The maximum Gasteiger partial charge on any atom is 0.384 e. The van der Waals surface area contributed by atoms with E-state index in [4.69, 9.17) is 13.8 Å². The molecule has 22 heavy (non-hydrogen) atoms. The highest BCUT2D eigenvalue weighted by molar-refractivity contribution is 7.55. The lowest BCUT2D eigenvalue weighted by Gasteiger charge is -2.36. The van der Waals surface area contributed by atoms with E-state index in [-0.39, 0.29) is 17.7 Å². The number of carbonyl (C=O) groups is 1. The van der Waals surface area contributed by atoms with Gasteiger partial charge < -0.3 is 9.26 Å². The largest absolute Gasteiger partial charge is 0.468 e.